The first-order valence-electron chi connectivity index (χ1n) is 17.2. The zero-order valence-electron chi connectivity index (χ0n) is 26.8. The zero-order chi connectivity index (χ0) is 29.7. The molecular formula is C34H63N3O4. The summed E-state index contributed by atoms with van der Waals surface area (Å²) in [5.74, 6) is 0.0336. The van der Waals surface area contributed by atoms with E-state index in [0.29, 0.717) is 5.69 Å². The van der Waals surface area contributed by atoms with E-state index in [2.05, 4.69) is 12.0 Å². The van der Waals surface area contributed by atoms with Crippen LogP contribution in [-0.4, -0.2) is 68.8 Å². The molecule has 0 bridgehead atoms. The lowest BCUT2D eigenvalue weighted by Crippen LogP contribution is -2.31. The van der Waals surface area contributed by atoms with Gasteiger partial charge in [-0.15, -0.1) is 0 Å². The largest absolute Gasteiger partial charge is 0.390 e. The number of aliphatic hydroxyl groups is 2. The summed E-state index contributed by atoms with van der Waals surface area (Å²) >= 11 is 0. The van der Waals surface area contributed by atoms with Crippen LogP contribution in [0.25, 0.3) is 0 Å². The van der Waals surface area contributed by atoms with Gasteiger partial charge in [0.2, 0.25) is 0 Å². The Balaban J connectivity index is 1.39. The number of aromatic nitrogens is 2. The fourth-order valence-corrected chi connectivity index (χ4v) is 6.11. The van der Waals surface area contributed by atoms with Crippen LogP contribution in [-0.2, 0) is 11.8 Å². The molecule has 1 fully saturated rings. The summed E-state index contributed by atoms with van der Waals surface area (Å²) in [4.78, 5) is 14.2. The lowest BCUT2D eigenvalue weighted by Gasteiger charge is -2.22. The average molecular weight is 578 g/mol. The highest BCUT2D eigenvalue weighted by Crippen LogP contribution is 2.28. The van der Waals surface area contributed by atoms with E-state index < -0.39 is 6.10 Å². The molecule has 0 aliphatic carbocycles. The topological polar surface area (TPSA) is 87.8 Å². The van der Waals surface area contributed by atoms with Crippen LogP contribution in [0.2, 0.25) is 0 Å². The van der Waals surface area contributed by atoms with Crippen molar-refractivity contribution in [1.29, 1.82) is 0 Å². The van der Waals surface area contributed by atoms with E-state index in [1.165, 1.54) is 83.5 Å². The summed E-state index contributed by atoms with van der Waals surface area (Å²) < 4.78 is 7.72. The number of aliphatic hydroxyl groups excluding tert-OH is 2. The van der Waals surface area contributed by atoms with Crippen LogP contribution >= 0.6 is 0 Å². The van der Waals surface area contributed by atoms with Crippen molar-refractivity contribution in [3.05, 3.63) is 18.0 Å². The van der Waals surface area contributed by atoms with Crippen LogP contribution in [0.15, 0.2) is 12.3 Å². The van der Waals surface area contributed by atoms with Crippen LogP contribution in [0.4, 0.5) is 0 Å². The maximum absolute atomic E-state index is 12.4. The van der Waals surface area contributed by atoms with E-state index in [-0.39, 0.29) is 24.2 Å². The summed E-state index contributed by atoms with van der Waals surface area (Å²) in [6.07, 6.45) is 26.3. The summed E-state index contributed by atoms with van der Waals surface area (Å²) in [5.41, 5.74) is 0.633. The second kappa shape index (κ2) is 22.1. The van der Waals surface area contributed by atoms with E-state index in [1.807, 2.05) is 7.05 Å². The van der Waals surface area contributed by atoms with Crippen LogP contribution in [0.1, 0.15) is 159 Å². The molecule has 2 N–H and O–H groups in total. The third kappa shape index (κ3) is 15.0. The van der Waals surface area contributed by atoms with Gasteiger partial charge in [-0.05, 0) is 38.2 Å². The van der Waals surface area contributed by atoms with E-state index in [1.54, 1.807) is 28.9 Å². The Labute approximate surface area is 251 Å². The Morgan fingerprint density at radius 2 is 1.27 bits per heavy atom. The van der Waals surface area contributed by atoms with Gasteiger partial charge in [0.05, 0.1) is 24.4 Å². The van der Waals surface area contributed by atoms with E-state index >= 15 is 0 Å². The highest BCUT2D eigenvalue weighted by atomic mass is 16.5. The van der Waals surface area contributed by atoms with Gasteiger partial charge in [0.25, 0.3) is 5.91 Å². The first kappa shape index (κ1) is 35.8. The Hall–Kier alpha value is -1.44. The van der Waals surface area contributed by atoms with Crippen LogP contribution in [0.5, 0.6) is 0 Å². The number of aryl methyl sites for hydroxylation is 1. The summed E-state index contributed by atoms with van der Waals surface area (Å²) in [6.45, 7) is 3.04. The molecule has 0 unspecified atom stereocenters. The van der Waals surface area contributed by atoms with E-state index in [0.717, 1.165) is 64.3 Å². The number of unbranched alkanes of at least 4 members (excludes halogenated alkanes) is 16. The Kier molecular flexibility index (Phi) is 19.3. The number of ether oxygens (including phenoxy) is 1. The fourth-order valence-electron chi connectivity index (χ4n) is 6.11. The van der Waals surface area contributed by atoms with Crippen molar-refractivity contribution in [3.63, 3.8) is 0 Å². The Morgan fingerprint density at radius 1 is 0.829 bits per heavy atom. The molecule has 1 aromatic rings. The summed E-state index contributed by atoms with van der Waals surface area (Å²) in [7, 11) is 3.66. The molecule has 1 amide bonds. The molecule has 0 saturated carbocycles. The molecule has 0 radical (unpaired) electrons. The molecule has 1 aromatic heterocycles. The van der Waals surface area contributed by atoms with Gasteiger partial charge in [0.1, 0.15) is 5.69 Å². The van der Waals surface area contributed by atoms with E-state index in [4.69, 9.17) is 4.74 Å². The van der Waals surface area contributed by atoms with Gasteiger partial charge < -0.3 is 19.8 Å². The molecule has 7 nitrogen and oxygen atoms in total. The van der Waals surface area contributed by atoms with Gasteiger partial charge in [-0.3, -0.25) is 9.48 Å². The number of carbonyl (C=O) groups excluding carboxylic acids is 1. The highest BCUT2D eigenvalue weighted by Gasteiger charge is 2.34. The average Bonchev–Trinajstić information content (AvgIpc) is 3.64. The number of rotatable bonds is 25. The number of nitrogens with zero attached hydrogens (tertiary/aromatic N) is 3. The van der Waals surface area contributed by atoms with Crippen molar-refractivity contribution in [3.8, 4) is 0 Å². The van der Waals surface area contributed by atoms with Crippen molar-refractivity contribution < 1.29 is 19.7 Å². The van der Waals surface area contributed by atoms with Crippen molar-refractivity contribution in [2.45, 2.75) is 173 Å². The second-order valence-electron chi connectivity index (χ2n) is 12.6. The third-order valence-electron chi connectivity index (χ3n) is 8.93. The van der Waals surface area contributed by atoms with Crippen molar-refractivity contribution in [2.75, 3.05) is 13.6 Å². The number of amides is 1. The Bertz CT molecular complexity index is 786. The number of hydrogen-bond donors (Lipinski definition) is 2. The maximum Gasteiger partial charge on any atom is 0.271 e. The van der Waals surface area contributed by atoms with Gasteiger partial charge in [0, 0.05) is 26.8 Å². The second-order valence-corrected chi connectivity index (χ2v) is 12.6. The van der Waals surface area contributed by atoms with Crippen LogP contribution in [0, 0.1) is 0 Å². The van der Waals surface area contributed by atoms with Gasteiger partial charge in [-0.2, -0.15) is 5.10 Å². The van der Waals surface area contributed by atoms with Gasteiger partial charge in [0.15, 0.2) is 0 Å². The van der Waals surface area contributed by atoms with Crippen LogP contribution in [0.3, 0.4) is 0 Å². The Morgan fingerprint density at radius 3 is 1.71 bits per heavy atom. The third-order valence-corrected chi connectivity index (χ3v) is 8.93. The molecule has 1 saturated heterocycles. The molecule has 0 aromatic carbocycles. The molecule has 7 heteroatoms. The monoisotopic (exact) mass is 577 g/mol. The fraction of sp³-hybridized carbons (Fsp3) is 0.882. The molecule has 4 atom stereocenters. The lowest BCUT2D eigenvalue weighted by molar-refractivity contribution is -0.0786. The smallest absolute Gasteiger partial charge is 0.271 e. The number of carbonyl (C=O) groups is 1. The molecule has 1 aliphatic heterocycles. The van der Waals surface area contributed by atoms with Gasteiger partial charge >= 0.3 is 0 Å². The molecule has 2 rings (SSSR count). The van der Waals surface area contributed by atoms with Crippen LogP contribution < -0.4 is 0 Å². The summed E-state index contributed by atoms with van der Waals surface area (Å²) in [5, 5.41) is 25.3. The lowest BCUT2D eigenvalue weighted by atomic mass is 10.00. The first-order valence-corrected chi connectivity index (χ1v) is 17.2. The van der Waals surface area contributed by atoms with Gasteiger partial charge in [-0.1, -0.05) is 116 Å². The normalized spacial score (nSPS) is 18.6. The predicted molar refractivity (Wildman–Crippen MR) is 168 cm³/mol. The minimum Gasteiger partial charge on any atom is -0.390 e. The maximum atomic E-state index is 12.4. The van der Waals surface area contributed by atoms with Crippen molar-refractivity contribution >= 4 is 5.91 Å². The minimum absolute atomic E-state index is 0.0336. The highest BCUT2D eigenvalue weighted by molar-refractivity contribution is 5.92. The standard InChI is InChI=1S/C34H63N3O4/c1-4-5-6-7-8-9-10-13-16-19-22-30(38)32-24-25-33(41-32)31(39)23-20-17-14-11-12-15-18-21-28-36(2)34(40)29-26-27-35-37(29)3/h26-27,30-33,38-39H,4-25,28H2,1-3H3/t30-,31-,32-,33-/m1/s1. The quantitative estimate of drug-likeness (QED) is 0.117. The molecule has 0 spiro atoms. The van der Waals surface area contributed by atoms with Crippen molar-refractivity contribution in [2.24, 2.45) is 7.05 Å². The van der Waals surface area contributed by atoms with E-state index in [9.17, 15) is 15.0 Å². The number of hydrogen-bond acceptors (Lipinski definition) is 5. The zero-order valence-corrected chi connectivity index (χ0v) is 26.8. The SMILES string of the molecule is CCCCCCCCCCCC[C@@H](O)[C@H]1CC[C@H]([C@H](O)CCCCCCCCCCN(C)C(=O)c2ccnn2C)O1. The van der Waals surface area contributed by atoms with Gasteiger partial charge in [-0.25, -0.2) is 0 Å². The molecule has 238 valence electrons. The minimum atomic E-state index is -0.407. The predicted octanol–water partition coefficient (Wildman–Crippen LogP) is 7.58. The molecule has 2 heterocycles. The molecular weight excluding hydrogens is 514 g/mol. The molecule has 1 aliphatic rings. The first-order chi connectivity index (χ1) is 19.9. The van der Waals surface area contributed by atoms with Crippen molar-refractivity contribution in [1.82, 2.24) is 14.7 Å². The summed E-state index contributed by atoms with van der Waals surface area (Å²) in [6, 6.07) is 1.76. The molecule has 41 heavy (non-hydrogen) atoms.